The number of piperidine rings is 1. The van der Waals surface area contributed by atoms with E-state index in [0.717, 1.165) is 30.4 Å². The molecule has 0 bridgehead atoms. The second kappa shape index (κ2) is 10.6. The van der Waals surface area contributed by atoms with Crippen molar-refractivity contribution >= 4 is 33.8 Å². The third-order valence-electron chi connectivity index (χ3n) is 5.54. The zero-order chi connectivity index (χ0) is 20.6. The van der Waals surface area contributed by atoms with Crippen LogP contribution in [0.2, 0.25) is 0 Å². The molecule has 2 saturated heterocycles. The second-order valence-corrected chi connectivity index (χ2v) is 8.56. The van der Waals surface area contributed by atoms with Crippen LogP contribution in [0.5, 0.6) is 0 Å². The van der Waals surface area contributed by atoms with Gasteiger partial charge >= 0.3 is 6.03 Å². The van der Waals surface area contributed by atoms with E-state index in [4.69, 9.17) is 0 Å². The van der Waals surface area contributed by atoms with Crippen molar-refractivity contribution in [3.05, 3.63) is 34.3 Å². The van der Waals surface area contributed by atoms with Gasteiger partial charge in [-0.25, -0.2) is 4.79 Å². The Balaban J connectivity index is 1.29. The molecule has 0 aromatic heterocycles. The van der Waals surface area contributed by atoms with Crippen LogP contribution in [-0.4, -0.2) is 66.9 Å². The summed E-state index contributed by atoms with van der Waals surface area (Å²) in [6, 6.07) is 7.37. The molecule has 2 aliphatic heterocycles. The molecule has 1 aromatic carbocycles. The van der Waals surface area contributed by atoms with E-state index in [9.17, 15) is 14.4 Å². The van der Waals surface area contributed by atoms with E-state index < -0.39 is 0 Å². The fourth-order valence-corrected chi connectivity index (χ4v) is 4.22. The fourth-order valence-electron chi connectivity index (χ4n) is 3.82. The number of rotatable bonds is 6. The maximum atomic E-state index is 12.4. The third-order valence-corrected chi connectivity index (χ3v) is 6.03. The molecule has 2 heterocycles. The fraction of sp³-hybridized carbons (Fsp3) is 0.571. The van der Waals surface area contributed by atoms with Crippen LogP contribution in [0, 0.1) is 5.92 Å². The highest BCUT2D eigenvalue weighted by Crippen LogP contribution is 2.20. The Morgan fingerprint density at radius 3 is 2.31 bits per heavy atom. The van der Waals surface area contributed by atoms with Crippen LogP contribution in [0.4, 0.5) is 4.79 Å². The zero-order valence-electron chi connectivity index (χ0n) is 16.7. The average Bonchev–Trinajstić information content (AvgIpc) is 3.27. The molecule has 0 atom stereocenters. The predicted molar refractivity (Wildman–Crippen MR) is 115 cm³/mol. The van der Waals surface area contributed by atoms with Gasteiger partial charge in [0.1, 0.15) is 0 Å². The van der Waals surface area contributed by atoms with Crippen molar-refractivity contribution < 1.29 is 14.4 Å². The molecule has 8 heteroatoms. The van der Waals surface area contributed by atoms with Gasteiger partial charge in [0.2, 0.25) is 5.91 Å². The average molecular weight is 465 g/mol. The van der Waals surface area contributed by atoms with Crippen LogP contribution in [0.3, 0.4) is 0 Å². The Hall–Kier alpha value is -2.09. The van der Waals surface area contributed by atoms with E-state index in [2.05, 4.69) is 26.6 Å². The lowest BCUT2D eigenvalue weighted by Crippen LogP contribution is -2.47. The van der Waals surface area contributed by atoms with E-state index in [0.29, 0.717) is 51.0 Å². The van der Waals surface area contributed by atoms with Crippen molar-refractivity contribution in [2.24, 2.45) is 5.92 Å². The van der Waals surface area contributed by atoms with Crippen LogP contribution in [0.15, 0.2) is 28.7 Å². The molecule has 158 valence electrons. The Morgan fingerprint density at radius 1 is 0.966 bits per heavy atom. The SMILES string of the molecule is O=C(NCCCNC(=O)C1CCN(C(=O)N2CCCC2)CC1)c1cccc(Br)c1. The number of nitrogens with one attached hydrogen (secondary N) is 2. The van der Waals surface area contributed by atoms with Crippen molar-refractivity contribution in [2.75, 3.05) is 39.3 Å². The van der Waals surface area contributed by atoms with Crippen LogP contribution < -0.4 is 10.6 Å². The van der Waals surface area contributed by atoms with Gasteiger partial charge in [0, 0.05) is 55.2 Å². The first kappa shape index (κ1) is 21.6. The van der Waals surface area contributed by atoms with Crippen LogP contribution >= 0.6 is 15.9 Å². The number of carbonyl (C=O) groups excluding carboxylic acids is 3. The van der Waals surface area contributed by atoms with E-state index in [1.54, 1.807) is 12.1 Å². The lowest BCUT2D eigenvalue weighted by atomic mass is 9.96. The first-order chi connectivity index (χ1) is 14.0. The standard InChI is InChI=1S/C21H29BrN4O3/c22-18-6-3-5-17(15-18)20(28)24-10-4-9-23-19(27)16-7-13-26(14-8-16)21(29)25-11-1-2-12-25/h3,5-6,15-16H,1-2,4,7-14H2,(H,23,27)(H,24,28). The molecule has 3 rings (SSSR count). The number of carbonyl (C=O) groups is 3. The number of hydrogen-bond acceptors (Lipinski definition) is 3. The maximum Gasteiger partial charge on any atom is 0.319 e. The lowest BCUT2D eigenvalue weighted by molar-refractivity contribution is -0.126. The Labute approximate surface area is 180 Å². The van der Waals surface area contributed by atoms with Crippen LogP contribution in [0.1, 0.15) is 42.5 Å². The van der Waals surface area contributed by atoms with Gasteiger partial charge in [-0.15, -0.1) is 0 Å². The minimum absolute atomic E-state index is 0.0334. The van der Waals surface area contributed by atoms with E-state index in [1.165, 1.54) is 0 Å². The molecule has 0 aliphatic carbocycles. The number of nitrogens with zero attached hydrogens (tertiary/aromatic N) is 2. The summed E-state index contributed by atoms with van der Waals surface area (Å²) in [7, 11) is 0. The van der Waals surface area contributed by atoms with Gasteiger partial charge < -0.3 is 20.4 Å². The highest BCUT2D eigenvalue weighted by atomic mass is 79.9. The molecular formula is C21H29BrN4O3. The Kier molecular flexibility index (Phi) is 7.91. The summed E-state index contributed by atoms with van der Waals surface area (Å²) in [6.45, 7) is 4.06. The molecule has 29 heavy (non-hydrogen) atoms. The summed E-state index contributed by atoms with van der Waals surface area (Å²) in [4.78, 5) is 40.6. The van der Waals surface area contributed by atoms with E-state index >= 15 is 0 Å². The summed E-state index contributed by atoms with van der Waals surface area (Å²) < 4.78 is 0.866. The second-order valence-electron chi connectivity index (χ2n) is 7.65. The Bertz CT molecular complexity index is 728. The summed E-state index contributed by atoms with van der Waals surface area (Å²) in [6.07, 6.45) is 4.29. The van der Waals surface area contributed by atoms with Crippen molar-refractivity contribution in [2.45, 2.75) is 32.1 Å². The summed E-state index contributed by atoms with van der Waals surface area (Å²) in [5.74, 6) is -0.0989. The highest BCUT2D eigenvalue weighted by molar-refractivity contribution is 9.10. The van der Waals surface area contributed by atoms with Gasteiger partial charge in [0.15, 0.2) is 0 Å². The number of amides is 4. The molecular weight excluding hydrogens is 436 g/mol. The first-order valence-electron chi connectivity index (χ1n) is 10.4. The van der Waals surface area contributed by atoms with Crippen LogP contribution in [0.25, 0.3) is 0 Å². The molecule has 0 spiro atoms. The maximum absolute atomic E-state index is 12.4. The molecule has 0 saturated carbocycles. The smallest absolute Gasteiger partial charge is 0.319 e. The van der Waals surface area contributed by atoms with E-state index in [1.807, 2.05) is 21.9 Å². The molecule has 2 aliphatic rings. The molecule has 1 aromatic rings. The molecule has 2 N–H and O–H groups in total. The zero-order valence-corrected chi connectivity index (χ0v) is 18.2. The van der Waals surface area contributed by atoms with Gasteiger partial charge in [-0.2, -0.15) is 0 Å². The number of halogens is 1. The minimum Gasteiger partial charge on any atom is -0.356 e. The number of likely N-dealkylation sites (tertiary alicyclic amines) is 2. The van der Waals surface area contributed by atoms with Gasteiger partial charge in [-0.05, 0) is 50.3 Å². The number of benzene rings is 1. The largest absolute Gasteiger partial charge is 0.356 e. The molecule has 0 radical (unpaired) electrons. The number of hydrogen-bond donors (Lipinski definition) is 2. The Morgan fingerprint density at radius 2 is 1.62 bits per heavy atom. The first-order valence-corrected chi connectivity index (χ1v) is 11.2. The van der Waals surface area contributed by atoms with Crippen molar-refractivity contribution in [3.8, 4) is 0 Å². The molecule has 4 amide bonds. The normalized spacial score (nSPS) is 17.3. The van der Waals surface area contributed by atoms with Gasteiger partial charge in [-0.1, -0.05) is 22.0 Å². The highest BCUT2D eigenvalue weighted by Gasteiger charge is 2.30. The summed E-state index contributed by atoms with van der Waals surface area (Å²) in [5.41, 5.74) is 0.610. The number of urea groups is 1. The van der Waals surface area contributed by atoms with Crippen LogP contribution in [-0.2, 0) is 4.79 Å². The van der Waals surface area contributed by atoms with Crippen molar-refractivity contribution in [1.29, 1.82) is 0 Å². The summed E-state index contributed by atoms with van der Waals surface area (Å²) in [5, 5.41) is 5.83. The monoisotopic (exact) mass is 464 g/mol. The van der Waals surface area contributed by atoms with Crippen molar-refractivity contribution in [1.82, 2.24) is 20.4 Å². The molecule has 2 fully saturated rings. The molecule has 7 nitrogen and oxygen atoms in total. The van der Waals surface area contributed by atoms with Gasteiger partial charge in [0.25, 0.3) is 5.91 Å². The summed E-state index contributed by atoms with van der Waals surface area (Å²) >= 11 is 3.35. The van der Waals surface area contributed by atoms with Crippen molar-refractivity contribution in [3.63, 3.8) is 0 Å². The third kappa shape index (κ3) is 6.19. The lowest BCUT2D eigenvalue weighted by Gasteiger charge is -2.34. The molecule has 0 unspecified atom stereocenters. The van der Waals surface area contributed by atoms with Gasteiger partial charge in [0.05, 0.1) is 0 Å². The van der Waals surface area contributed by atoms with E-state index in [-0.39, 0.29) is 23.8 Å². The predicted octanol–water partition coefficient (Wildman–Crippen LogP) is 2.61. The minimum atomic E-state index is -0.118. The quantitative estimate of drug-likeness (QED) is 0.634. The van der Waals surface area contributed by atoms with Gasteiger partial charge in [-0.3, -0.25) is 9.59 Å². The topological polar surface area (TPSA) is 81.8 Å².